The average Bonchev–Trinajstić information content (AvgIpc) is 3.32. The Hall–Kier alpha value is -3.48. The number of amides is 1. The summed E-state index contributed by atoms with van der Waals surface area (Å²) in [6.45, 7) is 1.42. The average molecular weight is 346 g/mol. The van der Waals surface area contributed by atoms with E-state index in [1.54, 1.807) is 0 Å². The summed E-state index contributed by atoms with van der Waals surface area (Å²) in [5.41, 5.74) is 4.36. The van der Waals surface area contributed by atoms with Gasteiger partial charge < -0.3 is 9.88 Å². The Morgan fingerprint density at radius 2 is 1.81 bits per heavy atom. The molecule has 1 amide bonds. The van der Waals surface area contributed by atoms with Crippen LogP contribution in [0.1, 0.15) is 11.1 Å². The van der Waals surface area contributed by atoms with Gasteiger partial charge in [0.05, 0.1) is 17.4 Å². The van der Waals surface area contributed by atoms with E-state index in [4.69, 9.17) is 0 Å². The van der Waals surface area contributed by atoms with Gasteiger partial charge in [0.25, 0.3) is 0 Å². The minimum atomic E-state index is -0.0931. The largest absolute Gasteiger partial charge is 0.350 e. The van der Waals surface area contributed by atoms with Crippen LogP contribution in [-0.4, -0.2) is 30.2 Å². The summed E-state index contributed by atoms with van der Waals surface area (Å²) in [7, 11) is 0. The number of hydrogen-bond donors (Lipinski definition) is 1. The highest BCUT2D eigenvalue weighted by molar-refractivity contribution is 5.75. The van der Waals surface area contributed by atoms with Gasteiger partial charge in [-0.1, -0.05) is 36.4 Å². The van der Waals surface area contributed by atoms with Crippen molar-refractivity contribution < 1.29 is 4.79 Å². The molecule has 0 aliphatic heterocycles. The number of nitrogens with zero attached hydrogens (tertiary/aromatic N) is 5. The molecule has 0 aliphatic carbocycles. The summed E-state index contributed by atoms with van der Waals surface area (Å²) in [5.74, 6) is -0.0931. The lowest BCUT2D eigenvalue weighted by Crippen LogP contribution is -2.27. The minimum absolute atomic E-state index is 0.0931. The molecule has 0 aliphatic rings. The van der Waals surface area contributed by atoms with Crippen LogP contribution in [-0.2, 0) is 24.4 Å². The van der Waals surface area contributed by atoms with Crippen LogP contribution in [0.2, 0.25) is 0 Å². The van der Waals surface area contributed by atoms with Gasteiger partial charge >= 0.3 is 0 Å². The van der Waals surface area contributed by atoms with Gasteiger partial charge in [0.1, 0.15) is 19.2 Å². The van der Waals surface area contributed by atoms with E-state index >= 15 is 0 Å². The fraction of sp³-hybridized carbons (Fsp3) is 0.158. The topological polar surface area (TPSA) is 77.6 Å². The number of carbonyl (C=O) groups is 1. The number of rotatable bonds is 6. The van der Waals surface area contributed by atoms with Crippen LogP contribution >= 0.6 is 0 Å². The molecule has 0 atom stereocenters. The van der Waals surface area contributed by atoms with Crippen molar-refractivity contribution >= 4 is 16.9 Å². The van der Waals surface area contributed by atoms with Crippen LogP contribution < -0.4 is 5.32 Å². The molecular formula is C19H18N6O. The molecule has 7 heteroatoms. The summed E-state index contributed by atoms with van der Waals surface area (Å²) in [4.78, 5) is 20.1. The SMILES string of the molecule is O=C(Cn1cncn1)NCc1ccc(Cn2cnc3ccccc32)cc1. The highest BCUT2D eigenvalue weighted by Gasteiger charge is 2.05. The number of carbonyl (C=O) groups excluding carboxylic acids is 1. The van der Waals surface area contributed by atoms with Crippen molar-refractivity contribution in [1.29, 1.82) is 0 Å². The van der Waals surface area contributed by atoms with Gasteiger partial charge in [-0.05, 0) is 23.3 Å². The number of para-hydroxylation sites is 2. The van der Waals surface area contributed by atoms with Gasteiger partial charge in [-0.3, -0.25) is 4.79 Å². The third-order valence-electron chi connectivity index (χ3n) is 4.17. The van der Waals surface area contributed by atoms with E-state index < -0.39 is 0 Å². The molecule has 0 fully saturated rings. The maximum atomic E-state index is 11.9. The Balaban J connectivity index is 1.35. The Labute approximate surface area is 150 Å². The number of imidazole rings is 1. The summed E-state index contributed by atoms with van der Waals surface area (Å²) >= 11 is 0. The lowest BCUT2D eigenvalue weighted by Gasteiger charge is -2.08. The maximum absolute atomic E-state index is 11.9. The molecule has 2 aromatic heterocycles. The van der Waals surface area contributed by atoms with E-state index in [-0.39, 0.29) is 12.5 Å². The quantitative estimate of drug-likeness (QED) is 0.579. The molecule has 4 aromatic rings. The first-order valence-corrected chi connectivity index (χ1v) is 8.35. The van der Waals surface area contributed by atoms with Crippen molar-refractivity contribution in [2.24, 2.45) is 0 Å². The van der Waals surface area contributed by atoms with Crippen molar-refractivity contribution in [1.82, 2.24) is 29.6 Å². The van der Waals surface area contributed by atoms with Crippen LogP contribution in [0.3, 0.4) is 0 Å². The van der Waals surface area contributed by atoms with Crippen LogP contribution in [0.25, 0.3) is 11.0 Å². The molecule has 1 N–H and O–H groups in total. The van der Waals surface area contributed by atoms with E-state index in [0.717, 1.165) is 23.1 Å². The van der Waals surface area contributed by atoms with Crippen LogP contribution in [0.4, 0.5) is 0 Å². The van der Waals surface area contributed by atoms with Crippen molar-refractivity contribution in [2.45, 2.75) is 19.6 Å². The van der Waals surface area contributed by atoms with Crippen LogP contribution in [0, 0.1) is 0 Å². The minimum Gasteiger partial charge on any atom is -0.350 e. The van der Waals surface area contributed by atoms with Gasteiger partial charge in [-0.2, -0.15) is 5.10 Å². The van der Waals surface area contributed by atoms with E-state index in [0.29, 0.717) is 6.54 Å². The molecular weight excluding hydrogens is 328 g/mol. The fourth-order valence-corrected chi connectivity index (χ4v) is 2.81. The Bertz CT molecular complexity index is 1000. The number of hydrogen-bond acceptors (Lipinski definition) is 4. The first-order valence-electron chi connectivity index (χ1n) is 8.35. The summed E-state index contributed by atoms with van der Waals surface area (Å²) < 4.78 is 3.62. The third kappa shape index (κ3) is 3.61. The monoisotopic (exact) mass is 346 g/mol. The highest BCUT2D eigenvalue weighted by atomic mass is 16.2. The zero-order valence-corrected chi connectivity index (χ0v) is 14.1. The normalized spacial score (nSPS) is 10.9. The van der Waals surface area contributed by atoms with Gasteiger partial charge in [-0.25, -0.2) is 14.6 Å². The predicted molar refractivity (Wildman–Crippen MR) is 97.1 cm³/mol. The number of nitrogens with one attached hydrogen (secondary N) is 1. The lowest BCUT2D eigenvalue weighted by atomic mass is 10.1. The zero-order valence-electron chi connectivity index (χ0n) is 14.1. The molecule has 2 heterocycles. The second-order valence-electron chi connectivity index (χ2n) is 6.05. The Morgan fingerprint density at radius 1 is 1.00 bits per heavy atom. The molecule has 4 rings (SSSR count). The molecule has 0 radical (unpaired) electrons. The number of benzene rings is 2. The van der Waals surface area contributed by atoms with Gasteiger partial charge in [-0.15, -0.1) is 0 Å². The van der Waals surface area contributed by atoms with E-state index in [1.165, 1.54) is 22.9 Å². The molecule has 7 nitrogen and oxygen atoms in total. The van der Waals surface area contributed by atoms with Gasteiger partial charge in [0.2, 0.25) is 5.91 Å². The first kappa shape index (κ1) is 16.0. The van der Waals surface area contributed by atoms with E-state index in [2.05, 4.69) is 43.1 Å². The molecule has 130 valence electrons. The molecule has 0 saturated heterocycles. The van der Waals surface area contributed by atoms with Gasteiger partial charge in [0, 0.05) is 13.1 Å². The van der Waals surface area contributed by atoms with Crippen LogP contribution in [0.15, 0.2) is 67.5 Å². The molecule has 0 saturated carbocycles. The van der Waals surface area contributed by atoms with Crippen molar-refractivity contribution in [2.75, 3.05) is 0 Å². The third-order valence-corrected chi connectivity index (χ3v) is 4.17. The van der Waals surface area contributed by atoms with Crippen molar-refractivity contribution in [3.05, 3.63) is 78.6 Å². The van der Waals surface area contributed by atoms with E-state index in [9.17, 15) is 4.79 Å². The molecule has 0 spiro atoms. The summed E-state index contributed by atoms with van der Waals surface area (Å²) in [6.07, 6.45) is 4.80. The fourth-order valence-electron chi connectivity index (χ4n) is 2.81. The molecule has 26 heavy (non-hydrogen) atoms. The predicted octanol–water partition coefficient (Wildman–Crippen LogP) is 1.99. The van der Waals surface area contributed by atoms with E-state index in [1.807, 2.05) is 36.7 Å². The Morgan fingerprint density at radius 3 is 2.62 bits per heavy atom. The highest BCUT2D eigenvalue weighted by Crippen LogP contribution is 2.14. The second kappa shape index (κ2) is 7.18. The summed E-state index contributed by atoms with van der Waals surface area (Å²) in [6, 6.07) is 16.3. The molecule has 0 unspecified atom stereocenters. The van der Waals surface area contributed by atoms with Crippen molar-refractivity contribution in [3.8, 4) is 0 Å². The standard InChI is InChI=1S/C19H18N6O/c26-19(11-25-13-20-12-23-25)21-9-15-5-7-16(8-6-15)10-24-14-22-17-3-1-2-4-18(17)24/h1-8,12-14H,9-11H2,(H,21,26). The first-order chi connectivity index (χ1) is 12.8. The summed E-state index contributed by atoms with van der Waals surface area (Å²) in [5, 5.41) is 6.80. The van der Waals surface area contributed by atoms with Crippen molar-refractivity contribution in [3.63, 3.8) is 0 Å². The van der Waals surface area contributed by atoms with Crippen LogP contribution in [0.5, 0.6) is 0 Å². The van der Waals surface area contributed by atoms with Gasteiger partial charge in [0.15, 0.2) is 0 Å². The number of aromatic nitrogens is 5. The smallest absolute Gasteiger partial charge is 0.242 e. The lowest BCUT2D eigenvalue weighted by molar-refractivity contribution is -0.122. The number of fused-ring (bicyclic) bond motifs is 1. The molecule has 0 bridgehead atoms. The Kier molecular flexibility index (Phi) is 4.42. The second-order valence-corrected chi connectivity index (χ2v) is 6.05. The zero-order chi connectivity index (χ0) is 17.8. The maximum Gasteiger partial charge on any atom is 0.242 e. The molecule has 2 aromatic carbocycles.